The molecule has 0 unspecified atom stereocenters. The number of methoxy groups -OCH3 is 1. The fraction of sp³-hybridized carbons (Fsp3) is 0.310. The van der Waals surface area contributed by atoms with Crippen molar-refractivity contribution in [3.63, 3.8) is 0 Å². The third-order valence-electron chi connectivity index (χ3n) is 5.97. The van der Waals surface area contributed by atoms with Crippen molar-refractivity contribution in [3.8, 4) is 24.0 Å². The van der Waals surface area contributed by atoms with Crippen LogP contribution >= 0.6 is 0 Å². The fourth-order valence-electron chi connectivity index (χ4n) is 4.13. The third kappa shape index (κ3) is 7.60. The molecule has 0 radical (unpaired) electrons. The lowest BCUT2D eigenvalue weighted by Gasteiger charge is -2.20. The Bertz CT molecular complexity index is 1550. The Morgan fingerprint density at radius 1 is 1.20 bits per heavy atom. The molecule has 10 nitrogen and oxygen atoms in total. The molecule has 0 fully saturated rings. The number of aromatic nitrogens is 4. The van der Waals surface area contributed by atoms with E-state index in [-0.39, 0.29) is 12.1 Å². The molecule has 12 heteroatoms. The van der Waals surface area contributed by atoms with E-state index in [2.05, 4.69) is 50.7 Å². The standard InChI is InChI=1S/C29H31F2N7O3/c1-5-38(16-18(2)3)10-7-11-41-25-15-23-20(14-24(25)40-4)29(33-17-32-23)35-26-12-19(36-37-26)13-27(39)34-22-9-6-8-21(30)28(22)31/h1,6,8-9,12,14-15,17-18H,7,10-11,13,16H2,2-4H3,(H,34,39)(H2,32,33,35,36,37). The Morgan fingerprint density at radius 2 is 2.02 bits per heavy atom. The molecule has 2 heterocycles. The van der Waals surface area contributed by atoms with Gasteiger partial charge in [-0.25, -0.2) is 18.7 Å². The average molecular weight is 564 g/mol. The number of nitrogens with zero attached hydrogens (tertiary/aromatic N) is 4. The molecule has 3 N–H and O–H groups in total. The molecule has 0 spiro atoms. The Labute approximate surface area is 236 Å². The number of benzene rings is 2. The summed E-state index contributed by atoms with van der Waals surface area (Å²) in [6.07, 6.45) is 7.61. The van der Waals surface area contributed by atoms with Gasteiger partial charge in [-0.15, -0.1) is 0 Å². The summed E-state index contributed by atoms with van der Waals surface area (Å²) < 4.78 is 38.8. The first-order valence-corrected chi connectivity index (χ1v) is 13.0. The second-order valence-corrected chi connectivity index (χ2v) is 9.64. The van der Waals surface area contributed by atoms with E-state index in [9.17, 15) is 13.6 Å². The largest absolute Gasteiger partial charge is 0.493 e. The second kappa shape index (κ2) is 13.4. The van der Waals surface area contributed by atoms with Gasteiger partial charge in [-0.1, -0.05) is 26.3 Å². The van der Waals surface area contributed by atoms with E-state index in [1.54, 1.807) is 25.3 Å². The highest BCUT2D eigenvalue weighted by Crippen LogP contribution is 2.34. The van der Waals surface area contributed by atoms with E-state index >= 15 is 0 Å². The molecular weight excluding hydrogens is 532 g/mol. The van der Waals surface area contributed by atoms with Crippen LogP contribution in [0.3, 0.4) is 0 Å². The number of nitrogens with one attached hydrogen (secondary N) is 3. The Kier molecular flexibility index (Phi) is 9.52. The van der Waals surface area contributed by atoms with Crippen LogP contribution in [0.15, 0.2) is 42.7 Å². The Hall–Kier alpha value is -4.92. The van der Waals surface area contributed by atoms with E-state index in [4.69, 9.17) is 15.9 Å². The smallest absolute Gasteiger partial charge is 0.230 e. The summed E-state index contributed by atoms with van der Waals surface area (Å²) in [6.45, 7) is 6.23. The fourth-order valence-corrected chi connectivity index (χ4v) is 4.13. The van der Waals surface area contributed by atoms with E-state index in [0.29, 0.717) is 52.3 Å². The van der Waals surface area contributed by atoms with Crippen LogP contribution in [0, 0.1) is 30.0 Å². The molecular formula is C29H31F2N7O3. The normalized spacial score (nSPS) is 10.9. The number of aromatic amines is 1. The minimum Gasteiger partial charge on any atom is -0.493 e. The zero-order valence-corrected chi connectivity index (χ0v) is 23.0. The first-order chi connectivity index (χ1) is 19.8. The van der Waals surface area contributed by atoms with E-state index in [0.717, 1.165) is 25.6 Å². The highest BCUT2D eigenvalue weighted by Gasteiger charge is 2.15. The zero-order valence-electron chi connectivity index (χ0n) is 23.0. The first-order valence-electron chi connectivity index (χ1n) is 13.0. The van der Waals surface area contributed by atoms with Gasteiger partial charge in [-0.3, -0.25) is 9.89 Å². The van der Waals surface area contributed by atoms with Crippen molar-refractivity contribution in [1.82, 2.24) is 25.1 Å². The highest BCUT2D eigenvalue weighted by molar-refractivity contribution is 5.93. The Morgan fingerprint density at radius 3 is 2.78 bits per heavy atom. The number of ether oxygens (including phenoxy) is 2. The van der Waals surface area contributed by atoms with Gasteiger partial charge in [0.15, 0.2) is 29.0 Å². The number of H-pyrrole nitrogens is 1. The molecule has 0 atom stereocenters. The molecule has 0 aliphatic heterocycles. The zero-order chi connectivity index (χ0) is 29.4. The van der Waals surface area contributed by atoms with Crippen molar-refractivity contribution >= 4 is 34.1 Å². The van der Waals surface area contributed by atoms with Crippen LogP contribution in [-0.4, -0.2) is 57.8 Å². The summed E-state index contributed by atoms with van der Waals surface area (Å²) in [7, 11) is 1.55. The van der Waals surface area contributed by atoms with E-state index in [1.165, 1.54) is 18.5 Å². The maximum absolute atomic E-state index is 13.9. The number of carbonyl (C=O) groups is 1. The molecule has 41 heavy (non-hydrogen) atoms. The number of fused-ring (bicyclic) bond motifs is 1. The lowest BCUT2D eigenvalue weighted by molar-refractivity contribution is -0.115. The van der Waals surface area contributed by atoms with Crippen molar-refractivity contribution in [2.24, 2.45) is 5.92 Å². The molecule has 2 aromatic heterocycles. The van der Waals surface area contributed by atoms with Crippen LogP contribution in [0.25, 0.3) is 10.9 Å². The van der Waals surface area contributed by atoms with E-state index in [1.807, 2.05) is 4.90 Å². The van der Waals surface area contributed by atoms with Gasteiger partial charge in [0.05, 0.1) is 31.3 Å². The van der Waals surface area contributed by atoms with Crippen molar-refractivity contribution in [2.75, 3.05) is 37.4 Å². The number of amides is 1. The molecule has 0 saturated carbocycles. The molecule has 214 valence electrons. The van der Waals surface area contributed by atoms with Crippen LogP contribution in [0.5, 0.6) is 11.5 Å². The summed E-state index contributed by atoms with van der Waals surface area (Å²) in [5, 5.41) is 13.1. The molecule has 0 aliphatic rings. The predicted molar refractivity (Wildman–Crippen MR) is 152 cm³/mol. The third-order valence-corrected chi connectivity index (χ3v) is 5.97. The van der Waals surface area contributed by atoms with E-state index < -0.39 is 17.5 Å². The van der Waals surface area contributed by atoms with Crippen LogP contribution in [-0.2, 0) is 11.2 Å². The number of carbonyl (C=O) groups excluding carboxylic acids is 1. The molecule has 1 amide bonds. The molecule has 4 rings (SSSR count). The summed E-state index contributed by atoms with van der Waals surface area (Å²) in [6, 6.07) is 11.4. The minimum absolute atomic E-state index is 0.139. The average Bonchev–Trinajstić information content (AvgIpc) is 3.38. The molecule has 0 saturated heterocycles. The van der Waals surface area contributed by atoms with Gasteiger partial charge in [0, 0.05) is 42.3 Å². The maximum atomic E-state index is 13.9. The van der Waals surface area contributed by atoms with Crippen molar-refractivity contribution in [3.05, 3.63) is 60.1 Å². The first kappa shape index (κ1) is 29.1. The second-order valence-electron chi connectivity index (χ2n) is 9.64. The summed E-state index contributed by atoms with van der Waals surface area (Å²) in [5.74, 6) is -0.326. The highest BCUT2D eigenvalue weighted by atomic mass is 19.2. The van der Waals surface area contributed by atoms with Crippen LogP contribution in [0.4, 0.5) is 26.1 Å². The monoisotopic (exact) mass is 563 g/mol. The number of halogens is 2. The van der Waals surface area contributed by atoms with Gasteiger partial charge < -0.3 is 25.0 Å². The molecule has 2 aromatic carbocycles. The van der Waals surface area contributed by atoms with Gasteiger partial charge in [0.25, 0.3) is 0 Å². The number of hydrogen-bond donors (Lipinski definition) is 3. The summed E-state index contributed by atoms with van der Waals surface area (Å²) >= 11 is 0. The van der Waals surface area contributed by atoms with Gasteiger partial charge in [0.1, 0.15) is 12.1 Å². The quantitative estimate of drug-likeness (QED) is 0.120. The number of anilines is 3. The number of rotatable bonds is 13. The number of terminal acetylenes is 1. The van der Waals surface area contributed by atoms with Gasteiger partial charge in [-0.2, -0.15) is 5.10 Å². The van der Waals surface area contributed by atoms with Crippen LogP contribution in [0.1, 0.15) is 26.0 Å². The van der Waals surface area contributed by atoms with Gasteiger partial charge in [-0.05, 0) is 30.5 Å². The lowest BCUT2D eigenvalue weighted by Crippen LogP contribution is -2.25. The molecule has 0 bridgehead atoms. The summed E-state index contributed by atoms with van der Waals surface area (Å²) in [5.41, 5.74) is 0.833. The predicted octanol–water partition coefficient (Wildman–Crippen LogP) is 4.88. The van der Waals surface area contributed by atoms with Crippen LogP contribution < -0.4 is 20.1 Å². The summed E-state index contributed by atoms with van der Waals surface area (Å²) in [4.78, 5) is 23.0. The lowest BCUT2D eigenvalue weighted by atomic mass is 10.2. The molecule has 0 aliphatic carbocycles. The SMILES string of the molecule is C#CN(CCCOc1cc2ncnc(Nc3cc(CC(=O)Nc4cccc(F)c4F)[nH]n3)c2cc1OC)CC(C)C. The van der Waals surface area contributed by atoms with Crippen LogP contribution in [0.2, 0.25) is 0 Å². The number of hydrogen-bond acceptors (Lipinski definition) is 8. The van der Waals surface area contributed by atoms with Gasteiger partial charge in [0.2, 0.25) is 5.91 Å². The minimum atomic E-state index is -1.12. The van der Waals surface area contributed by atoms with Crippen molar-refractivity contribution in [2.45, 2.75) is 26.7 Å². The topological polar surface area (TPSA) is 117 Å². The Balaban J connectivity index is 1.41. The maximum Gasteiger partial charge on any atom is 0.230 e. The van der Waals surface area contributed by atoms with Gasteiger partial charge >= 0.3 is 0 Å². The molecule has 4 aromatic rings. The van der Waals surface area contributed by atoms with Crippen molar-refractivity contribution < 1.29 is 23.0 Å². The van der Waals surface area contributed by atoms with Crippen molar-refractivity contribution in [1.29, 1.82) is 0 Å².